The minimum absolute atomic E-state index is 0.195. The molecule has 5 heteroatoms. The molecule has 282 valence electrons. The van der Waals surface area contributed by atoms with Crippen molar-refractivity contribution in [3.05, 3.63) is 125 Å². The number of hydrogen-bond acceptors (Lipinski definition) is 5. The van der Waals surface area contributed by atoms with Gasteiger partial charge >= 0.3 is 0 Å². The van der Waals surface area contributed by atoms with Crippen LogP contribution in [-0.2, 0) is 11.0 Å². The number of fused-ring (bicyclic) bond motifs is 8. The van der Waals surface area contributed by atoms with E-state index >= 15 is 0 Å². The molecule has 3 saturated heterocycles. The molecule has 1 atom stereocenters. The summed E-state index contributed by atoms with van der Waals surface area (Å²) in [5, 5.41) is 2.35. The Morgan fingerprint density at radius 3 is 2.07 bits per heavy atom. The second-order valence-electron chi connectivity index (χ2n) is 17.2. The van der Waals surface area contributed by atoms with Crippen LogP contribution in [-0.4, -0.2) is 57.3 Å². The molecular weight excluding hydrogens is 675 g/mol. The maximum absolute atomic E-state index is 7.70. The number of nitrogens with zero attached hydrogens (tertiary/aromatic N) is 3. The number of methoxy groups -OCH3 is 1. The summed E-state index contributed by atoms with van der Waals surface area (Å²) >= 11 is 0. The SMILES string of the molecule is COc1cc2c3c(c4c(c2cc1N1CCCCC1)-c1ccccc1C4(C)C)C=CC(c1ccccc1)(c1ccc(N2CCC(N4CCCCC4)CC2)cc1)O3. The minimum atomic E-state index is -0.802. The Labute approximate surface area is 327 Å². The summed E-state index contributed by atoms with van der Waals surface area (Å²) in [6.07, 6.45) is 15.0. The van der Waals surface area contributed by atoms with E-state index in [-0.39, 0.29) is 5.41 Å². The summed E-state index contributed by atoms with van der Waals surface area (Å²) in [5.41, 5.74) is 10.3. The Morgan fingerprint density at radius 2 is 1.35 bits per heavy atom. The molecule has 5 aliphatic rings. The lowest BCUT2D eigenvalue weighted by molar-refractivity contribution is 0.141. The zero-order valence-electron chi connectivity index (χ0n) is 32.9. The van der Waals surface area contributed by atoms with Crippen molar-refractivity contribution in [1.82, 2.24) is 4.90 Å². The number of hydrogen-bond donors (Lipinski definition) is 0. The van der Waals surface area contributed by atoms with Crippen LogP contribution < -0.4 is 19.3 Å². The summed E-state index contributed by atoms with van der Waals surface area (Å²) in [5.74, 6) is 1.85. The highest BCUT2D eigenvalue weighted by Crippen LogP contribution is 2.59. The monoisotopic (exact) mass is 729 g/mol. The van der Waals surface area contributed by atoms with Crippen molar-refractivity contribution in [3.63, 3.8) is 0 Å². The smallest absolute Gasteiger partial charge is 0.178 e. The van der Waals surface area contributed by atoms with Gasteiger partial charge in [0.1, 0.15) is 11.5 Å². The highest BCUT2D eigenvalue weighted by Gasteiger charge is 2.44. The Morgan fingerprint density at radius 1 is 0.673 bits per heavy atom. The van der Waals surface area contributed by atoms with Gasteiger partial charge in [-0.2, -0.15) is 0 Å². The maximum atomic E-state index is 7.70. The van der Waals surface area contributed by atoms with Gasteiger partial charge in [-0.25, -0.2) is 0 Å². The molecule has 0 radical (unpaired) electrons. The van der Waals surface area contributed by atoms with Crippen LogP contribution >= 0.6 is 0 Å². The molecule has 0 aromatic heterocycles. The lowest BCUT2D eigenvalue weighted by atomic mass is 9.76. The molecule has 0 saturated carbocycles. The van der Waals surface area contributed by atoms with E-state index in [0.29, 0.717) is 0 Å². The maximum Gasteiger partial charge on any atom is 0.178 e. The van der Waals surface area contributed by atoms with E-state index in [4.69, 9.17) is 9.47 Å². The van der Waals surface area contributed by atoms with Crippen LogP contribution in [0.2, 0.25) is 0 Å². The molecule has 10 rings (SSSR count). The van der Waals surface area contributed by atoms with E-state index in [1.165, 1.54) is 109 Å². The topological polar surface area (TPSA) is 28.2 Å². The van der Waals surface area contributed by atoms with Gasteiger partial charge in [-0.05, 0) is 116 Å². The average Bonchev–Trinajstić information content (AvgIpc) is 3.50. The lowest BCUT2D eigenvalue weighted by Gasteiger charge is -2.41. The van der Waals surface area contributed by atoms with Crippen LogP contribution in [0.1, 0.15) is 93.0 Å². The van der Waals surface area contributed by atoms with Crippen LogP contribution in [0.5, 0.6) is 11.5 Å². The van der Waals surface area contributed by atoms with Crippen molar-refractivity contribution in [1.29, 1.82) is 0 Å². The molecule has 4 heterocycles. The number of likely N-dealkylation sites (tertiary alicyclic amines) is 1. The number of benzene rings is 5. The van der Waals surface area contributed by atoms with Gasteiger partial charge in [0.25, 0.3) is 0 Å². The quantitative estimate of drug-likeness (QED) is 0.174. The molecule has 5 aromatic rings. The largest absolute Gasteiger partial charge is 0.495 e. The van der Waals surface area contributed by atoms with Crippen LogP contribution in [0, 0.1) is 0 Å². The summed E-state index contributed by atoms with van der Waals surface area (Å²) in [6, 6.07) is 34.6. The van der Waals surface area contributed by atoms with E-state index in [9.17, 15) is 0 Å². The van der Waals surface area contributed by atoms with Crippen LogP contribution in [0.3, 0.4) is 0 Å². The first kappa shape index (κ1) is 34.7. The highest BCUT2D eigenvalue weighted by molar-refractivity contribution is 6.10. The number of ether oxygens (including phenoxy) is 2. The molecule has 0 amide bonds. The van der Waals surface area contributed by atoms with Crippen LogP contribution in [0.4, 0.5) is 11.4 Å². The summed E-state index contributed by atoms with van der Waals surface area (Å²) in [7, 11) is 1.82. The number of anilines is 2. The fourth-order valence-corrected chi connectivity index (χ4v) is 10.9. The third-order valence-corrected chi connectivity index (χ3v) is 13.8. The minimum Gasteiger partial charge on any atom is -0.495 e. The second-order valence-corrected chi connectivity index (χ2v) is 17.2. The Bertz CT molecular complexity index is 2240. The Kier molecular flexibility index (Phi) is 8.70. The molecule has 5 aromatic carbocycles. The van der Waals surface area contributed by atoms with E-state index in [0.717, 1.165) is 60.2 Å². The Hall–Kier alpha value is -4.74. The van der Waals surface area contributed by atoms with Gasteiger partial charge in [-0.3, -0.25) is 0 Å². The van der Waals surface area contributed by atoms with Gasteiger partial charge in [0.15, 0.2) is 5.60 Å². The molecule has 0 bridgehead atoms. The van der Waals surface area contributed by atoms with Crippen molar-refractivity contribution in [2.45, 2.75) is 82.3 Å². The van der Waals surface area contributed by atoms with Crippen molar-refractivity contribution in [2.24, 2.45) is 0 Å². The van der Waals surface area contributed by atoms with Gasteiger partial charge in [0, 0.05) is 65.4 Å². The van der Waals surface area contributed by atoms with Crippen molar-refractivity contribution in [2.75, 3.05) is 56.2 Å². The summed E-state index contributed by atoms with van der Waals surface area (Å²) in [6.45, 7) is 11.7. The van der Waals surface area contributed by atoms with Crippen molar-refractivity contribution >= 4 is 28.2 Å². The molecule has 3 fully saturated rings. The first-order chi connectivity index (χ1) is 27.0. The first-order valence-corrected chi connectivity index (χ1v) is 21.1. The average molecular weight is 730 g/mol. The third kappa shape index (κ3) is 5.67. The van der Waals surface area contributed by atoms with E-state index in [1.807, 2.05) is 7.11 Å². The predicted octanol–water partition coefficient (Wildman–Crippen LogP) is 10.9. The van der Waals surface area contributed by atoms with Crippen molar-refractivity contribution < 1.29 is 9.47 Å². The number of piperidine rings is 3. The van der Waals surface area contributed by atoms with E-state index in [2.05, 4.69) is 132 Å². The van der Waals surface area contributed by atoms with E-state index < -0.39 is 5.60 Å². The highest BCUT2D eigenvalue weighted by atomic mass is 16.5. The lowest BCUT2D eigenvalue weighted by Crippen LogP contribution is -2.46. The van der Waals surface area contributed by atoms with Gasteiger partial charge in [0.2, 0.25) is 0 Å². The summed E-state index contributed by atoms with van der Waals surface area (Å²) < 4.78 is 13.9. The standard InChI is InChI=1S/C50H55N3O2/c1-49(2)43-18-10-9-17-39(43)46-41-33-44(53-29-13-6-14-30-53)45(54-3)34-42(41)48-40(47(46)49)23-26-50(55-48,35-15-7-4-8-16-35)36-19-21-37(22-20-36)52-31-24-38(25-32-52)51-27-11-5-12-28-51/h4,7-10,15-23,26,33-34,38H,5-6,11-14,24-25,27-32H2,1-3H3. The predicted molar refractivity (Wildman–Crippen MR) is 228 cm³/mol. The normalized spacial score (nSPS) is 22.2. The van der Waals surface area contributed by atoms with E-state index in [1.54, 1.807) is 0 Å². The van der Waals surface area contributed by atoms with Gasteiger partial charge in [0.05, 0.1) is 12.8 Å². The van der Waals surface area contributed by atoms with Gasteiger partial charge in [-0.15, -0.1) is 0 Å². The molecule has 55 heavy (non-hydrogen) atoms. The van der Waals surface area contributed by atoms with Gasteiger partial charge in [-0.1, -0.05) is 93.1 Å². The molecule has 5 nitrogen and oxygen atoms in total. The van der Waals surface area contributed by atoms with Crippen LogP contribution in [0.25, 0.3) is 28.0 Å². The fraction of sp³-hybridized carbons (Fsp3) is 0.400. The van der Waals surface area contributed by atoms with Crippen LogP contribution in [0.15, 0.2) is 97.1 Å². The van der Waals surface area contributed by atoms with Crippen molar-refractivity contribution in [3.8, 4) is 22.6 Å². The Balaban J connectivity index is 1.10. The molecule has 0 spiro atoms. The molecule has 0 N–H and O–H groups in total. The number of rotatable bonds is 6. The fourth-order valence-electron chi connectivity index (χ4n) is 10.9. The second kappa shape index (κ2) is 13.8. The summed E-state index contributed by atoms with van der Waals surface area (Å²) in [4.78, 5) is 7.89. The molecular formula is C50H55N3O2. The third-order valence-electron chi connectivity index (χ3n) is 13.8. The molecule has 1 unspecified atom stereocenters. The zero-order valence-corrected chi connectivity index (χ0v) is 32.9. The first-order valence-electron chi connectivity index (χ1n) is 21.1. The van der Waals surface area contributed by atoms with Gasteiger partial charge < -0.3 is 24.2 Å². The zero-order chi connectivity index (χ0) is 37.1. The molecule has 1 aliphatic carbocycles. The molecule has 4 aliphatic heterocycles.